The number of carbonyl (C=O) groups is 1. The second kappa shape index (κ2) is 7.57. The average Bonchev–Trinajstić information content (AvgIpc) is 2.92. The van der Waals surface area contributed by atoms with Crippen LogP contribution in [0.4, 0.5) is 0 Å². The molecule has 0 aromatic heterocycles. The summed E-state index contributed by atoms with van der Waals surface area (Å²) in [6, 6.07) is 6.77. The summed E-state index contributed by atoms with van der Waals surface area (Å²) in [5.74, 6) is 0.126. The molecule has 2 aliphatic rings. The number of aliphatic imine (C=N–C) groups is 1. The molecule has 1 saturated heterocycles. The van der Waals surface area contributed by atoms with Gasteiger partial charge in [0.2, 0.25) is 0 Å². The van der Waals surface area contributed by atoms with Crippen LogP contribution in [0.15, 0.2) is 39.8 Å². The number of benzene rings is 1. The monoisotopic (exact) mass is 429 g/mol. The Morgan fingerprint density at radius 3 is 2.48 bits per heavy atom. The number of halogens is 2. The second-order valence-corrected chi connectivity index (χ2v) is 10.8. The minimum atomic E-state index is -2.94. The van der Waals surface area contributed by atoms with Gasteiger partial charge in [-0.25, -0.2) is 8.42 Å². The quantitative estimate of drug-likeness (QED) is 0.405. The fourth-order valence-electron chi connectivity index (χ4n) is 3.46. The number of carbonyl (C=O) groups excluding carboxylic acids is 1. The molecule has 0 radical (unpaired) electrons. The smallest absolute Gasteiger partial charge is 0.315 e. The van der Waals surface area contributed by atoms with E-state index in [1.807, 2.05) is 13.8 Å². The Balaban J connectivity index is 1.58. The van der Waals surface area contributed by atoms with Gasteiger partial charge in [0.05, 0.1) is 23.5 Å². The highest BCUT2D eigenvalue weighted by atomic mass is 35.5. The van der Waals surface area contributed by atoms with Crippen LogP contribution in [0.2, 0.25) is 0 Å². The standard InChI is InChI=1S/C19H21Cl2NO4S/c1-19(2)15(9-16(20)21)17(19)18(23)26-14-5-3-12(4-6-14)10-22-13-7-8-27(24,25)11-13/h3-6,9-10,13,15,17H,7-8,11H2,1-2H3. The molecule has 3 rings (SSSR count). The minimum Gasteiger partial charge on any atom is -0.426 e. The first-order valence-electron chi connectivity index (χ1n) is 8.67. The van der Waals surface area contributed by atoms with Gasteiger partial charge in [-0.05, 0) is 53.7 Å². The Labute approximate surface area is 169 Å². The molecule has 1 saturated carbocycles. The zero-order chi connectivity index (χ0) is 19.8. The number of sulfone groups is 1. The Morgan fingerprint density at radius 2 is 1.93 bits per heavy atom. The molecule has 1 aliphatic carbocycles. The SMILES string of the molecule is CC1(C)C(C=C(Cl)Cl)C1C(=O)Oc1ccc(C=NC2CCS(=O)(=O)C2)cc1. The van der Waals surface area contributed by atoms with Crippen LogP contribution in [0.25, 0.3) is 0 Å². The van der Waals surface area contributed by atoms with Gasteiger partial charge in [0, 0.05) is 6.21 Å². The third-order valence-corrected chi connectivity index (χ3v) is 7.21. The lowest BCUT2D eigenvalue weighted by Gasteiger charge is -2.06. The maximum atomic E-state index is 12.4. The summed E-state index contributed by atoms with van der Waals surface area (Å²) in [6.07, 6.45) is 3.90. The van der Waals surface area contributed by atoms with Gasteiger partial charge in [0.1, 0.15) is 10.2 Å². The molecule has 146 valence electrons. The number of nitrogens with zero attached hydrogens (tertiary/aromatic N) is 1. The van der Waals surface area contributed by atoms with Crippen LogP contribution < -0.4 is 4.74 Å². The predicted molar refractivity (Wildman–Crippen MR) is 107 cm³/mol. The maximum Gasteiger partial charge on any atom is 0.315 e. The fraction of sp³-hybridized carbons (Fsp3) is 0.474. The largest absolute Gasteiger partial charge is 0.426 e. The lowest BCUT2D eigenvalue weighted by molar-refractivity contribution is -0.136. The Morgan fingerprint density at radius 1 is 1.26 bits per heavy atom. The van der Waals surface area contributed by atoms with Crippen LogP contribution in [0.5, 0.6) is 5.75 Å². The normalized spacial score (nSPS) is 28.1. The molecule has 5 nitrogen and oxygen atoms in total. The summed E-state index contributed by atoms with van der Waals surface area (Å²) in [5.41, 5.74) is 0.584. The van der Waals surface area contributed by atoms with Crippen molar-refractivity contribution in [1.29, 1.82) is 0 Å². The van der Waals surface area contributed by atoms with E-state index in [9.17, 15) is 13.2 Å². The Kier molecular flexibility index (Phi) is 5.71. The maximum absolute atomic E-state index is 12.4. The molecule has 1 aromatic carbocycles. The van der Waals surface area contributed by atoms with E-state index >= 15 is 0 Å². The fourth-order valence-corrected chi connectivity index (χ4v) is 5.37. The lowest BCUT2D eigenvalue weighted by atomic mass is 10.1. The Hall–Kier alpha value is -1.37. The number of hydrogen-bond acceptors (Lipinski definition) is 5. The van der Waals surface area contributed by atoms with Gasteiger partial charge in [0.15, 0.2) is 9.84 Å². The highest BCUT2D eigenvalue weighted by Crippen LogP contribution is 2.60. The van der Waals surface area contributed by atoms with Gasteiger partial charge < -0.3 is 4.74 Å². The van der Waals surface area contributed by atoms with E-state index in [0.29, 0.717) is 12.2 Å². The average molecular weight is 430 g/mol. The zero-order valence-corrected chi connectivity index (χ0v) is 17.4. The second-order valence-electron chi connectivity index (χ2n) is 7.61. The molecule has 2 fully saturated rings. The van der Waals surface area contributed by atoms with Crippen molar-refractivity contribution in [2.24, 2.45) is 22.2 Å². The molecular formula is C19H21Cl2NO4S. The number of allylic oxidation sites excluding steroid dienone is 1. The number of rotatable bonds is 5. The van der Waals surface area contributed by atoms with E-state index in [2.05, 4.69) is 4.99 Å². The van der Waals surface area contributed by atoms with Gasteiger partial charge in [0.25, 0.3) is 0 Å². The van der Waals surface area contributed by atoms with E-state index in [1.54, 1.807) is 36.6 Å². The number of hydrogen-bond donors (Lipinski definition) is 0. The molecular weight excluding hydrogens is 409 g/mol. The van der Waals surface area contributed by atoms with Crippen LogP contribution in [-0.2, 0) is 14.6 Å². The molecule has 8 heteroatoms. The van der Waals surface area contributed by atoms with Crippen LogP contribution in [-0.4, -0.2) is 38.1 Å². The lowest BCUT2D eigenvalue weighted by Crippen LogP contribution is -2.13. The summed E-state index contributed by atoms with van der Waals surface area (Å²) in [6.45, 7) is 3.94. The van der Waals surface area contributed by atoms with Gasteiger partial charge in [-0.2, -0.15) is 0 Å². The van der Waals surface area contributed by atoms with Gasteiger partial charge in [-0.3, -0.25) is 9.79 Å². The summed E-state index contributed by atoms with van der Waals surface area (Å²) in [4.78, 5) is 16.7. The van der Waals surface area contributed by atoms with Crippen LogP contribution in [0, 0.1) is 17.3 Å². The molecule has 1 aliphatic heterocycles. The van der Waals surface area contributed by atoms with Crippen molar-refractivity contribution >= 4 is 45.2 Å². The third-order valence-electron chi connectivity index (χ3n) is 5.21. The molecule has 0 N–H and O–H groups in total. The predicted octanol–water partition coefficient (Wildman–Crippen LogP) is 3.79. The third kappa shape index (κ3) is 4.92. The van der Waals surface area contributed by atoms with Crippen molar-refractivity contribution in [3.05, 3.63) is 40.4 Å². The van der Waals surface area contributed by atoms with E-state index in [0.717, 1.165) is 5.56 Å². The molecule has 1 aromatic rings. The molecule has 3 atom stereocenters. The van der Waals surface area contributed by atoms with Crippen molar-refractivity contribution in [1.82, 2.24) is 0 Å². The topological polar surface area (TPSA) is 72.8 Å². The summed E-state index contributed by atoms with van der Waals surface area (Å²) >= 11 is 11.4. The minimum absolute atomic E-state index is 0.0379. The van der Waals surface area contributed by atoms with Crippen molar-refractivity contribution < 1.29 is 17.9 Å². The molecule has 0 amide bonds. The Bertz CT molecular complexity index is 887. The summed E-state index contributed by atoms with van der Waals surface area (Å²) in [5, 5.41) is 0. The molecule has 0 bridgehead atoms. The van der Waals surface area contributed by atoms with Crippen molar-refractivity contribution in [3.8, 4) is 5.75 Å². The van der Waals surface area contributed by atoms with Crippen LogP contribution in [0.3, 0.4) is 0 Å². The first kappa shape index (κ1) is 20.4. The van der Waals surface area contributed by atoms with Crippen molar-refractivity contribution in [3.63, 3.8) is 0 Å². The highest BCUT2D eigenvalue weighted by Gasteiger charge is 2.61. The van der Waals surface area contributed by atoms with Gasteiger partial charge in [-0.1, -0.05) is 37.0 Å². The van der Waals surface area contributed by atoms with Gasteiger partial charge in [-0.15, -0.1) is 0 Å². The number of esters is 1. The van der Waals surface area contributed by atoms with E-state index in [4.69, 9.17) is 27.9 Å². The molecule has 27 heavy (non-hydrogen) atoms. The highest BCUT2D eigenvalue weighted by molar-refractivity contribution is 7.91. The number of ether oxygens (including phenoxy) is 1. The molecule has 1 heterocycles. The molecule has 0 spiro atoms. The first-order valence-corrected chi connectivity index (χ1v) is 11.2. The first-order chi connectivity index (χ1) is 12.6. The van der Waals surface area contributed by atoms with E-state index < -0.39 is 9.84 Å². The van der Waals surface area contributed by atoms with Crippen LogP contribution in [0.1, 0.15) is 25.8 Å². The van der Waals surface area contributed by atoms with E-state index in [-0.39, 0.29) is 45.3 Å². The summed E-state index contributed by atoms with van der Waals surface area (Å²) < 4.78 is 28.5. The van der Waals surface area contributed by atoms with Gasteiger partial charge >= 0.3 is 5.97 Å². The van der Waals surface area contributed by atoms with Crippen LogP contribution >= 0.6 is 23.2 Å². The van der Waals surface area contributed by atoms with E-state index in [1.165, 1.54) is 0 Å². The molecule has 3 unspecified atom stereocenters. The van der Waals surface area contributed by atoms with Crippen molar-refractivity contribution in [2.75, 3.05) is 11.5 Å². The van der Waals surface area contributed by atoms with Crippen molar-refractivity contribution in [2.45, 2.75) is 26.3 Å². The zero-order valence-electron chi connectivity index (χ0n) is 15.1. The summed E-state index contributed by atoms with van der Waals surface area (Å²) in [7, 11) is -2.94.